The van der Waals surface area contributed by atoms with Gasteiger partial charge in [-0.1, -0.05) is 127 Å². The first-order valence-corrected chi connectivity index (χ1v) is 12.4. The molecule has 1 heterocycles. The van der Waals surface area contributed by atoms with Gasteiger partial charge in [0.25, 0.3) is 0 Å². The molecule has 0 aromatic heterocycles. The smallest absolute Gasteiger partial charge is 0.346 e. The molecule has 0 aliphatic carbocycles. The Bertz CT molecular complexity index is 715. The Morgan fingerprint density at radius 1 is 0.742 bits per heavy atom. The molecular formula is C28H40O3. The van der Waals surface area contributed by atoms with Crippen LogP contribution in [0.1, 0.15) is 109 Å². The predicted octanol–water partition coefficient (Wildman–Crippen LogP) is 7.95. The Morgan fingerprint density at radius 2 is 1.26 bits per heavy atom. The predicted molar refractivity (Wildman–Crippen MR) is 129 cm³/mol. The lowest BCUT2D eigenvalue weighted by Gasteiger charge is -2.08. The molecule has 0 bridgehead atoms. The molecule has 0 saturated heterocycles. The number of cyclic esters (lactones) is 2. The fourth-order valence-corrected chi connectivity index (χ4v) is 4.12. The second-order valence-electron chi connectivity index (χ2n) is 8.69. The van der Waals surface area contributed by atoms with Crippen LogP contribution in [0.15, 0.2) is 47.6 Å². The Balaban J connectivity index is 1.60. The maximum absolute atomic E-state index is 12.0. The average molecular weight is 425 g/mol. The van der Waals surface area contributed by atoms with E-state index in [0.29, 0.717) is 5.57 Å². The highest BCUT2D eigenvalue weighted by molar-refractivity contribution is 6.12. The number of rotatable bonds is 17. The maximum Gasteiger partial charge on any atom is 0.346 e. The Kier molecular flexibility index (Phi) is 12.6. The van der Waals surface area contributed by atoms with Crippen molar-refractivity contribution in [1.29, 1.82) is 0 Å². The van der Waals surface area contributed by atoms with Crippen molar-refractivity contribution in [3.8, 4) is 0 Å². The van der Waals surface area contributed by atoms with Gasteiger partial charge < -0.3 is 4.74 Å². The molecule has 0 spiro atoms. The van der Waals surface area contributed by atoms with Gasteiger partial charge in [0, 0.05) is 6.08 Å². The third-order valence-electron chi connectivity index (χ3n) is 5.96. The highest BCUT2D eigenvalue weighted by atomic mass is 16.6. The van der Waals surface area contributed by atoms with Gasteiger partial charge in [0.1, 0.15) is 0 Å². The quantitative estimate of drug-likeness (QED) is 0.145. The molecule has 0 radical (unpaired) electrons. The second-order valence-corrected chi connectivity index (χ2v) is 8.69. The van der Waals surface area contributed by atoms with Crippen molar-refractivity contribution in [1.82, 2.24) is 0 Å². The van der Waals surface area contributed by atoms with Crippen LogP contribution in [0.3, 0.4) is 0 Å². The molecule has 0 atom stereocenters. The highest BCUT2D eigenvalue weighted by Crippen LogP contribution is 2.26. The summed E-state index contributed by atoms with van der Waals surface area (Å²) >= 11 is 0. The van der Waals surface area contributed by atoms with E-state index in [4.69, 9.17) is 4.74 Å². The van der Waals surface area contributed by atoms with Crippen molar-refractivity contribution in [2.24, 2.45) is 0 Å². The van der Waals surface area contributed by atoms with Crippen molar-refractivity contribution in [2.75, 3.05) is 0 Å². The lowest BCUT2D eigenvalue weighted by molar-refractivity contribution is -0.150. The van der Waals surface area contributed by atoms with Crippen LogP contribution < -0.4 is 0 Å². The minimum atomic E-state index is -0.556. The van der Waals surface area contributed by atoms with E-state index in [1.54, 1.807) is 0 Å². The van der Waals surface area contributed by atoms with Crippen LogP contribution in [0, 0.1) is 0 Å². The van der Waals surface area contributed by atoms with E-state index in [0.717, 1.165) is 30.4 Å². The van der Waals surface area contributed by atoms with Crippen molar-refractivity contribution < 1.29 is 14.3 Å². The molecule has 31 heavy (non-hydrogen) atoms. The topological polar surface area (TPSA) is 43.4 Å². The molecule has 1 aliphatic rings. The van der Waals surface area contributed by atoms with E-state index in [9.17, 15) is 9.59 Å². The van der Waals surface area contributed by atoms with E-state index in [-0.39, 0.29) is 0 Å². The van der Waals surface area contributed by atoms with Crippen LogP contribution in [0.2, 0.25) is 0 Å². The summed E-state index contributed by atoms with van der Waals surface area (Å²) in [5.74, 6) is -1.07. The van der Waals surface area contributed by atoms with Gasteiger partial charge in [0.15, 0.2) is 0 Å². The molecular weight excluding hydrogens is 384 g/mol. The molecule has 1 aromatic carbocycles. The van der Waals surface area contributed by atoms with E-state index in [1.807, 2.05) is 36.4 Å². The molecule has 1 aromatic rings. The van der Waals surface area contributed by atoms with Gasteiger partial charge in [-0.25, -0.2) is 9.59 Å². The molecule has 0 amide bonds. The lowest BCUT2D eigenvalue weighted by Crippen LogP contribution is -2.04. The zero-order valence-corrected chi connectivity index (χ0v) is 19.4. The van der Waals surface area contributed by atoms with Gasteiger partial charge in [0.05, 0.1) is 5.57 Å². The normalized spacial score (nSPS) is 14.1. The largest absolute Gasteiger partial charge is 0.386 e. The molecule has 170 valence electrons. The Morgan fingerprint density at radius 3 is 1.74 bits per heavy atom. The van der Waals surface area contributed by atoms with Gasteiger partial charge in [-0.15, -0.1) is 0 Å². The number of benzene rings is 1. The monoisotopic (exact) mass is 424 g/mol. The van der Waals surface area contributed by atoms with E-state index >= 15 is 0 Å². The fraction of sp³-hybridized carbons (Fsp3) is 0.571. The summed E-state index contributed by atoms with van der Waals surface area (Å²) in [6, 6.07) is 9.93. The number of esters is 2. The molecule has 0 saturated carbocycles. The van der Waals surface area contributed by atoms with Gasteiger partial charge in [-0.2, -0.15) is 0 Å². The number of carbonyl (C=O) groups is 2. The van der Waals surface area contributed by atoms with E-state index in [2.05, 4.69) is 6.92 Å². The van der Waals surface area contributed by atoms with Crippen molar-refractivity contribution in [3.05, 3.63) is 53.1 Å². The number of hydrogen-bond acceptors (Lipinski definition) is 3. The Hall–Kier alpha value is -2.16. The molecule has 0 unspecified atom stereocenters. The minimum absolute atomic E-state index is 0.420. The minimum Gasteiger partial charge on any atom is -0.386 e. The van der Waals surface area contributed by atoms with E-state index in [1.165, 1.54) is 83.1 Å². The SMILES string of the molecule is CCCCCCCCCCCCCCCCC(=Cc1ccccc1)C1=CC(=O)OC1=O. The summed E-state index contributed by atoms with van der Waals surface area (Å²) in [6.45, 7) is 2.27. The van der Waals surface area contributed by atoms with E-state index < -0.39 is 11.9 Å². The van der Waals surface area contributed by atoms with Crippen LogP contribution in [0.25, 0.3) is 6.08 Å². The maximum atomic E-state index is 12.0. The first-order valence-electron chi connectivity index (χ1n) is 12.4. The van der Waals surface area contributed by atoms with Gasteiger partial charge in [-0.3, -0.25) is 0 Å². The summed E-state index contributed by atoms with van der Waals surface area (Å²) in [6.07, 6.45) is 22.6. The third-order valence-corrected chi connectivity index (χ3v) is 5.96. The molecule has 3 nitrogen and oxygen atoms in total. The van der Waals surface area contributed by atoms with Crippen LogP contribution in [0.5, 0.6) is 0 Å². The van der Waals surface area contributed by atoms with Gasteiger partial charge >= 0.3 is 11.9 Å². The lowest BCUT2D eigenvalue weighted by atomic mass is 9.96. The van der Waals surface area contributed by atoms with Crippen LogP contribution in [-0.2, 0) is 14.3 Å². The molecule has 2 rings (SSSR count). The highest BCUT2D eigenvalue weighted by Gasteiger charge is 2.26. The fourth-order valence-electron chi connectivity index (χ4n) is 4.12. The number of ether oxygens (including phenoxy) is 1. The molecule has 3 heteroatoms. The van der Waals surface area contributed by atoms with Crippen molar-refractivity contribution in [2.45, 2.75) is 103 Å². The van der Waals surface area contributed by atoms with Crippen LogP contribution in [-0.4, -0.2) is 11.9 Å². The van der Waals surface area contributed by atoms with Gasteiger partial charge in [0.2, 0.25) is 0 Å². The number of hydrogen-bond donors (Lipinski definition) is 0. The zero-order chi connectivity index (χ0) is 22.2. The summed E-state index contributed by atoms with van der Waals surface area (Å²) in [7, 11) is 0. The Labute approximate surface area is 189 Å². The summed E-state index contributed by atoms with van der Waals surface area (Å²) in [5.41, 5.74) is 2.36. The zero-order valence-electron chi connectivity index (χ0n) is 19.4. The first-order chi connectivity index (χ1) is 15.2. The van der Waals surface area contributed by atoms with Crippen LogP contribution >= 0.6 is 0 Å². The summed E-state index contributed by atoms with van der Waals surface area (Å²) < 4.78 is 4.71. The first kappa shape index (κ1) is 25.1. The summed E-state index contributed by atoms with van der Waals surface area (Å²) in [5, 5.41) is 0. The van der Waals surface area contributed by atoms with Gasteiger partial charge in [-0.05, 0) is 24.0 Å². The molecule has 1 aliphatic heterocycles. The standard InChI is InChI=1S/C28H40O3/c1-2-3-4-5-6-7-8-9-10-11-12-13-14-18-21-25(22-24-19-16-15-17-20-24)26-23-27(29)31-28(26)30/h15-17,19-20,22-23H,2-14,18,21H2,1H3. The number of unbranched alkanes of at least 4 members (excludes halogenated alkanes) is 13. The second kappa shape index (κ2) is 15.6. The molecule has 0 N–H and O–H groups in total. The van der Waals surface area contributed by atoms with Crippen molar-refractivity contribution >= 4 is 18.0 Å². The molecule has 0 fully saturated rings. The average Bonchev–Trinajstić information content (AvgIpc) is 3.11. The summed E-state index contributed by atoms with van der Waals surface area (Å²) in [4.78, 5) is 23.5. The van der Waals surface area contributed by atoms with Crippen molar-refractivity contribution in [3.63, 3.8) is 0 Å². The number of carbonyl (C=O) groups excluding carboxylic acids is 2. The third kappa shape index (κ3) is 10.6. The van der Waals surface area contributed by atoms with Crippen LogP contribution in [0.4, 0.5) is 0 Å².